The van der Waals surface area contributed by atoms with E-state index in [0.29, 0.717) is 0 Å². The molecule has 0 radical (unpaired) electrons. The molecule has 1 atom stereocenters. The van der Waals surface area contributed by atoms with Crippen molar-refractivity contribution in [3.05, 3.63) is 12.2 Å². The van der Waals surface area contributed by atoms with Gasteiger partial charge in [-0.15, -0.1) is 0 Å². The smallest absolute Gasteiger partial charge is 0.0231 e. The van der Waals surface area contributed by atoms with Crippen LogP contribution in [0.2, 0.25) is 0 Å². The minimum atomic E-state index is 0.933. The molecular weight excluding hydrogens is 228 g/mol. The van der Waals surface area contributed by atoms with Gasteiger partial charge in [-0.2, -0.15) is 0 Å². The first kappa shape index (κ1) is 16.8. The zero-order chi connectivity index (χ0) is 13.6. The summed E-state index contributed by atoms with van der Waals surface area (Å²) >= 11 is 0. The highest BCUT2D eigenvalue weighted by Crippen LogP contribution is 2.23. The van der Waals surface area contributed by atoms with Crippen LogP contribution in [0.5, 0.6) is 0 Å². The lowest BCUT2D eigenvalue weighted by atomic mass is 9.99. The minimum Gasteiger partial charge on any atom is -0.0882 e. The van der Waals surface area contributed by atoms with Crippen LogP contribution in [-0.2, 0) is 0 Å². The lowest BCUT2D eigenvalue weighted by molar-refractivity contribution is 0.503. The summed E-state index contributed by atoms with van der Waals surface area (Å²) in [6.45, 7) is 2.29. The van der Waals surface area contributed by atoms with Crippen LogP contribution < -0.4 is 0 Å². The summed E-state index contributed by atoms with van der Waals surface area (Å²) in [6.07, 6.45) is 26.6. The van der Waals surface area contributed by atoms with Gasteiger partial charge in [0.15, 0.2) is 0 Å². The molecule has 0 fully saturated rings. The maximum atomic E-state index is 2.44. The van der Waals surface area contributed by atoms with Gasteiger partial charge in [0.25, 0.3) is 0 Å². The Morgan fingerprint density at radius 1 is 0.737 bits per heavy atom. The van der Waals surface area contributed by atoms with Gasteiger partial charge in [-0.1, -0.05) is 96.1 Å². The Labute approximate surface area is 122 Å². The van der Waals surface area contributed by atoms with Crippen molar-refractivity contribution in [2.75, 3.05) is 0 Å². The fourth-order valence-corrected chi connectivity index (χ4v) is 3.18. The third-order valence-electron chi connectivity index (χ3n) is 4.54. The molecule has 0 saturated carbocycles. The first-order valence-corrected chi connectivity index (χ1v) is 9.10. The molecule has 0 aromatic rings. The highest BCUT2D eigenvalue weighted by atomic mass is 14.1. The Balaban J connectivity index is 1.68. The maximum absolute atomic E-state index is 2.44. The predicted molar refractivity (Wildman–Crippen MR) is 87.6 cm³/mol. The molecule has 0 nitrogen and oxygen atoms in total. The molecule has 0 N–H and O–H groups in total. The Morgan fingerprint density at radius 3 is 1.74 bits per heavy atom. The third-order valence-corrected chi connectivity index (χ3v) is 4.54. The Morgan fingerprint density at radius 2 is 1.26 bits per heavy atom. The lowest BCUT2D eigenvalue weighted by Gasteiger charge is -2.06. The van der Waals surface area contributed by atoms with E-state index in [1.807, 2.05) is 0 Å². The second-order valence-electron chi connectivity index (χ2n) is 6.44. The van der Waals surface area contributed by atoms with E-state index in [1.165, 1.54) is 96.3 Å². The molecule has 0 bridgehead atoms. The van der Waals surface area contributed by atoms with E-state index in [0.717, 1.165) is 5.92 Å². The van der Waals surface area contributed by atoms with Crippen LogP contribution in [0.3, 0.4) is 0 Å². The highest BCUT2D eigenvalue weighted by Gasteiger charge is 2.07. The highest BCUT2D eigenvalue weighted by molar-refractivity contribution is 4.95. The van der Waals surface area contributed by atoms with E-state index >= 15 is 0 Å². The zero-order valence-corrected chi connectivity index (χ0v) is 13.3. The summed E-state index contributed by atoms with van der Waals surface area (Å²) in [5.41, 5.74) is 0. The van der Waals surface area contributed by atoms with Crippen LogP contribution in [0.1, 0.15) is 103 Å². The Bertz CT molecular complexity index is 204. The fraction of sp³-hybridized carbons (Fsp3) is 0.895. The average Bonchev–Trinajstić information content (AvgIpc) is 2.93. The topological polar surface area (TPSA) is 0 Å². The molecular formula is C19H36. The first-order chi connectivity index (χ1) is 9.43. The van der Waals surface area contributed by atoms with E-state index in [-0.39, 0.29) is 0 Å². The van der Waals surface area contributed by atoms with Gasteiger partial charge >= 0.3 is 0 Å². The van der Waals surface area contributed by atoms with E-state index in [9.17, 15) is 0 Å². The SMILES string of the molecule is CCCCCCCCCCCCCCC1C=CCC1. The van der Waals surface area contributed by atoms with Crippen molar-refractivity contribution in [2.24, 2.45) is 5.92 Å². The molecule has 0 saturated heterocycles. The summed E-state index contributed by atoms with van der Waals surface area (Å²) in [4.78, 5) is 0. The number of rotatable bonds is 13. The van der Waals surface area contributed by atoms with Crippen molar-refractivity contribution in [2.45, 2.75) is 103 Å². The molecule has 1 aliphatic carbocycles. The van der Waals surface area contributed by atoms with Crippen molar-refractivity contribution in [3.8, 4) is 0 Å². The fourth-order valence-electron chi connectivity index (χ4n) is 3.18. The Kier molecular flexibility index (Phi) is 11.3. The van der Waals surface area contributed by atoms with Crippen molar-refractivity contribution in [1.82, 2.24) is 0 Å². The second kappa shape index (κ2) is 12.8. The van der Waals surface area contributed by atoms with Crippen molar-refractivity contribution >= 4 is 0 Å². The Hall–Kier alpha value is -0.260. The monoisotopic (exact) mass is 264 g/mol. The van der Waals surface area contributed by atoms with Crippen LogP contribution in [0.4, 0.5) is 0 Å². The van der Waals surface area contributed by atoms with Gasteiger partial charge in [0.1, 0.15) is 0 Å². The van der Waals surface area contributed by atoms with Gasteiger partial charge in [-0.25, -0.2) is 0 Å². The summed E-state index contributed by atoms with van der Waals surface area (Å²) in [5.74, 6) is 0.933. The largest absolute Gasteiger partial charge is 0.0882 e. The van der Waals surface area contributed by atoms with E-state index in [1.54, 1.807) is 0 Å². The standard InChI is InChI=1S/C19H36/c1-2-3-4-5-6-7-8-9-10-11-12-13-16-19-17-14-15-18-19/h14,17,19H,2-13,15-16,18H2,1H3. The number of hydrogen-bond acceptors (Lipinski definition) is 0. The number of hydrogen-bond donors (Lipinski definition) is 0. The van der Waals surface area contributed by atoms with Crippen molar-refractivity contribution < 1.29 is 0 Å². The summed E-state index contributed by atoms with van der Waals surface area (Å²) in [5, 5.41) is 0. The van der Waals surface area contributed by atoms with Crippen LogP contribution in [0.25, 0.3) is 0 Å². The number of unbranched alkanes of at least 4 members (excludes halogenated alkanes) is 11. The molecule has 0 amide bonds. The lowest BCUT2D eigenvalue weighted by Crippen LogP contribution is -1.91. The van der Waals surface area contributed by atoms with Crippen molar-refractivity contribution in [1.29, 1.82) is 0 Å². The molecule has 0 aromatic heterocycles. The molecule has 1 rings (SSSR count). The molecule has 0 heteroatoms. The molecule has 1 aliphatic rings. The molecule has 1 unspecified atom stereocenters. The third kappa shape index (κ3) is 10.2. The normalized spacial score (nSPS) is 18.3. The van der Waals surface area contributed by atoms with Gasteiger partial charge in [-0.3, -0.25) is 0 Å². The number of allylic oxidation sites excluding steroid dienone is 2. The maximum Gasteiger partial charge on any atom is -0.0231 e. The molecule has 0 aromatic carbocycles. The van der Waals surface area contributed by atoms with Gasteiger partial charge < -0.3 is 0 Å². The predicted octanol–water partition coefficient (Wildman–Crippen LogP) is 7.04. The van der Waals surface area contributed by atoms with Crippen LogP contribution in [-0.4, -0.2) is 0 Å². The minimum absolute atomic E-state index is 0.933. The first-order valence-electron chi connectivity index (χ1n) is 9.10. The van der Waals surface area contributed by atoms with Gasteiger partial charge in [0.05, 0.1) is 0 Å². The molecule has 0 aliphatic heterocycles. The van der Waals surface area contributed by atoms with Gasteiger partial charge in [0.2, 0.25) is 0 Å². The summed E-state index contributed by atoms with van der Waals surface area (Å²) in [6, 6.07) is 0. The van der Waals surface area contributed by atoms with Crippen LogP contribution in [0, 0.1) is 5.92 Å². The molecule has 0 heterocycles. The van der Waals surface area contributed by atoms with Crippen molar-refractivity contribution in [3.63, 3.8) is 0 Å². The molecule has 0 spiro atoms. The second-order valence-corrected chi connectivity index (χ2v) is 6.44. The van der Waals surface area contributed by atoms with Crippen LogP contribution >= 0.6 is 0 Å². The van der Waals surface area contributed by atoms with Gasteiger partial charge in [-0.05, 0) is 25.2 Å². The average molecular weight is 264 g/mol. The van der Waals surface area contributed by atoms with Crippen LogP contribution in [0.15, 0.2) is 12.2 Å². The van der Waals surface area contributed by atoms with Gasteiger partial charge in [0, 0.05) is 0 Å². The van der Waals surface area contributed by atoms with E-state index < -0.39 is 0 Å². The quantitative estimate of drug-likeness (QED) is 0.247. The summed E-state index contributed by atoms with van der Waals surface area (Å²) in [7, 11) is 0. The molecule has 112 valence electrons. The zero-order valence-electron chi connectivity index (χ0n) is 13.3. The van der Waals surface area contributed by atoms with E-state index in [4.69, 9.17) is 0 Å². The summed E-state index contributed by atoms with van der Waals surface area (Å²) < 4.78 is 0. The van der Waals surface area contributed by atoms with E-state index in [2.05, 4.69) is 19.1 Å². The molecule has 19 heavy (non-hydrogen) atoms.